The van der Waals surface area contributed by atoms with Gasteiger partial charge in [0.25, 0.3) is 6.43 Å². The first kappa shape index (κ1) is 17.3. The Bertz CT molecular complexity index is 272. The molecule has 1 aliphatic heterocycles. The van der Waals surface area contributed by atoms with Gasteiger partial charge in [0.05, 0.1) is 13.0 Å². The van der Waals surface area contributed by atoms with E-state index in [-0.39, 0.29) is 18.9 Å². The SMILES string of the molecule is CCCN(CC1CCCNC1)C(=O)CCOCC(F)F. The number of hydrogen-bond donors (Lipinski definition) is 1. The average Bonchev–Trinajstić information content (AvgIpc) is 2.44. The summed E-state index contributed by atoms with van der Waals surface area (Å²) in [5.41, 5.74) is 0. The molecular weight excluding hydrogens is 266 g/mol. The third kappa shape index (κ3) is 7.14. The number of rotatable bonds is 9. The van der Waals surface area contributed by atoms with Gasteiger partial charge in [0.1, 0.15) is 6.61 Å². The third-order valence-electron chi connectivity index (χ3n) is 3.43. The van der Waals surface area contributed by atoms with E-state index in [2.05, 4.69) is 5.32 Å². The molecule has 0 saturated carbocycles. The van der Waals surface area contributed by atoms with Gasteiger partial charge in [-0.2, -0.15) is 0 Å². The number of alkyl halides is 2. The fraction of sp³-hybridized carbons (Fsp3) is 0.929. The summed E-state index contributed by atoms with van der Waals surface area (Å²) in [7, 11) is 0. The molecule has 4 nitrogen and oxygen atoms in total. The lowest BCUT2D eigenvalue weighted by atomic mass is 9.99. The minimum atomic E-state index is -2.47. The molecule has 1 fully saturated rings. The fourth-order valence-corrected chi connectivity index (χ4v) is 2.47. The number of nitrogens with one attached hydrogen (secondary N) is 1. The van der Waals surface area contributed by atoms with E-state index in [0.29, 0.717) is 5.92 Å². The Morgan fingerprint density at radius 3 is 2.90 bits per heavy atom. The number of piperidine rings is 1. The largest absolute Gasteiger partial charge is 0.375 e. The summed E-state index contributed by atoms with van der Waals surface area (Å²) in [6.45, 7) is 5.01. The quantitative estimate of drug-likeness (QED) is 0.660. The topological polar surface area (TPSA) is 41.6 Å². The highest BCUT2D eigenvalue weighted by Gasteiger charge is 2.20. The Hall–Kier alpha value is -0.750. The second kappa shape index (κ2) is 10.0. The lowest BCUT2D eigenvalue weighted by molar-refractivity contribution is -0.133. The van der Waals surface area contributed by atoms with E-state index in [1.807, 2.05) is 11.8 Å². The number of halogens is 2. The number of hydrogen-bond acceptors (Lipinski definition) is 3. The van der Waals surface area contributed by atoms with Gasteiger partial charge < -0.3 is 15.0 Å². The summed E-state index contributed by atoms with van der Waals surface area (Å²) in [5.74, 6) is 0.507. The molecule has 1 saturated heterocycles. The fourth-order valence-electron chi connectivity index (χ4n) is 2.47. The summed E-state index contributed by atoms with van der Waals surface area (Å²) in [5, 5.41) is 3.34. The van der Waals surface area contributed by atoms with Crippen molar-refractivity contribution in [2.75, 3.05) is 39.4 Å². The molecular formula is C14H26F2N2O2. The molecule has 118 valence electrons. The van der Waals surface area contributed by atoms with Gasteiger partial charge in [-0.15, -0.1) is 0 Å². The van der Waals surface area contributed by atoms with Crippen molar-refractivity contribution >= 4 is 5.91 Å². The maximum atomic E-state index is 12.1. The lowest BCUT2D eigenvalue weighted by Gasteiger charge is -2.30. The van der Waals surface area contributed by atoms with Crippen LogP contribution < -0.4 is 5.32 Å². The summed E-state index contributed by atoms with van der Waals surface area (Å²) in [4.78, 5) is 13.9. The predicted molar refractivity (Wildman–Crippen MR) is 73.9 cm³/mol. The molecule has 1 unspecified atom stereocenters. The standard InChI is InChI=1S/C14H26F2N2O2/c1-2-7-18(10-12-4-3-6-17-9-12)14(19)5-8-20-11-13(15)16/h12-13,17H,2-11H2,1H3. The number of ether oxygens (including phenoxy) is 1. The van der Waals surface area contributed by atoms with Crippen molar-refractivity contribution in [2.45, 2.75) is 39.0 Å². The van der Waals surface area contributed by atoms with Crippen LogP contribution in [-0.2, 0) is 9.53 Å². The third-order valence-corrected chi connectivity index (χ3v) is 3.43. The molecule has 1 N–H and O–H groups in total. The van der Waals surface area contributed by atoms with Gasteiger partial charge in [0.15, 0.2) is 0 Å². The van der Waals surface area contributed by atoms with Crippen LogP contribution in [-0.4, -0.2) is 56.6 Å². The Labute approximate surface area is 119 Å². The van der Waals surface area contributed by atoms with Crippen molar-refractivity contribution in [1.82, 2.24) is 10.2 Å². The Morgan fingerprint density at radius 1 is 1.50 bits per heavy atom. The highest BCUT2D eigenvalue weighted by Crippen LogP contribution is 2.13. The molecule has 0 aromatic heterocycles. The predicted octanol–water partition coefficient (Wildman–Crippen LogP) is 1.90. The van der Waals surface area contributed by atoms with E-state index in [9.17, 15) is 13.6 Å². The molecule has 1 heterocycles. The van der Waals surface area contributed by atoms with E-state index in [4.69, 9.17) is 4.74 Å². The summed E-state index contributed by atoms with van der Waals surface area (Å²) in [6.07, 6.45) is 0.917. The van der Waals surface area contributed by atoms with Gasteiger partial charge in [0.2, 0.25) is 5.91 Å². The molecule has 0 aliphatic carbocycles. The van der Waals surface area contributed by atoms with Crippen LogP contribution in [0.5, 0.6) is 0 Å². The van der Waals surface area contributed by atoms with Crippen LogP contribution in [0.15, 0.2) is 0 Å². The second-order valence-corrected chi connectivity index (χ2v) is 5.27. The van der Waals surface area contributed by atoms with Gasteiger partial charge in [0, 0.05) is 13.1 Å². The maximum Gasteiger partial charge on any atom is 0.261 e. The van der Waals surface area contributed by atoms with Gasteiger partial charge in [-0.05, 0) is 38.3 Å². The zero-order valence-electron chi connectivity index (χ0n) is 12.2. The van der Waals surface area contributed by atoms with Crippen molar-refractivity contribution in [3.63, 3.8) is 0 Å². The van der Waals surface area contributed by atoms with Crippen LogP contribution in [0.3, 0.4) is 0 Å². The van der Waals surface area contributed by atoms with Crippen molar-refractivity contribution in [1.29, 1.82) is 0 Å². The van der Waals surface area contributed by atoms with Crippen LogP contribution >= 0.6 is 0 Å². The summed E-state index contributed by atoms with van der Waals surface area (Å²) >= 11 is 0. The first-order valence-corrected chi connectivity index (χ1v) is 7.47. The van der Waals surface area contributed by atoms with Gasteiger partial charge >= 0.3 is 0 Å². The molecule has 1 amide bonds. The van der Waals surface area contributed by atoms with E-state index in [1.54, 1.807) is 0 Å². The van der Waals surface area contributed by atoms with Crippen LogP contribution in [0.2, 0.25) is 0 Å². The molecule has 0 bridgehead atoms. The highest BCUT2D eigenvalue weighted by atomic mass is 19.3. The normalized spacial score (nSPS) is 19.3. The minimum absolute atomic E-state index is 0.00619. The van der Waals surface area contributed by atoms with Crippen molar-refractivity contribution in [2.24, 2.45) is 5.92 Å². The molecule has 0 radical (unpaired) electrons. The van der Waals surface area contributed by atoms with Crippen LogP contribution in [0, 0.1) is 5.92 Å². The van der Waals surface area contributed by atoms with Crippen molar-refractivity contribution in [3.8, 4) is 0 Å². The van der Waals surface area contributed by atoms with E-state index < -0.39 is 13.0 Å². The summed E-state index contributed by atoms with van der Waals surface area (Å²) in [6, 6.07) is 0. The molecule has 1 rings (SSSR count). The van der Waals surface area contributed by atoms with Gasteiger partial charge in [-0.3, -0.25) is 4.79 Å². The summed E-state index contributed by atoms with van der Waals surface area (Å²) < 4.78 is 28.6. The number of nitrogens with zero attached hydrogens (tertiary/aromatic N) is 1. The Morgan fingerprint density at radius 2 is 2.30 bits per heavy atom. The zero-order valence-corrected chi connectivity index (χ0v) is 12.2. The molecule has 1 atom stereocenters. The second-order valence-electron chi connectivity index (χ2n) is 5.27. The maximum absolute atomic E-state index is 12.1. The van der Waals surface area contributed by atoms with Crippen molar-refractivity contribution < 1.29 is 18.3 Å². The van der Waals surface area contributed by atoms with Crippen LogP contribution in [0.4, 0.5) is 8.78 Å². The number of amides is 1. The minimum Gasteiger partial charge on any atom is -0.375 e. The van der Waals surface area contributed by atoms with Gasteiger partial charge in [-0.25, -0.2) is 8.78 Å². The lowest BCUT2D eigenvalue weighted by Crippen LogP contribution is -2.41. The zero-order chi connectivity index (χ0) is 14.8. The molecule has 6 heteroatoms. The smallest absolute Gasteiger partial charge is 0.261 e. The highest BCUT2D eigenvalue weighted by molar-refractivity contribution is 5.76. The van der Waals surface area contributed by atoms with E-state index in [1.165, 1.54) is 0 Å². The first-order chi connectivity index (χ1) is 9.63. The Kier molecular flexibility index (Phi) is 8.69. The first-order valence-electron chi connectivity index (χ1n) is 7.47. The molecule has 0 aromatic rings. The van der Waals surface area contributed by atoms with Gasteiger partial charge in [-0.1, -0.05) is 6.92 Å². The van der Waals surface area contributed by atoms with Crippen LogP contribution in [0.1, 0.15) is 32.6 Å². The van der Waals surface area contributed by atoms with Crippen LogP contribution in [0.25, 0.3) is 0 Å². The molecule has 0 aromatic carbocycles. The monoisotopic (exact) mass is 292 g/mol. The average molecular weight is 292 g/mol. The van der Waals surface area contributed by atoms with E-state index >= 15 is 0 Å². The molecule has 1 aliphatic rings. The molecule has 20 heavy (non-hydrogen) atoms. The number of carbonyl (C=O) groups excluding carboxylic acids is 1. The number of carbonyl (C=O) groups is 1. The van der Waals surface area contributed by atoms with Crippen molar-refractivity contribution in [3.05, 3.63) is 0 Å². The Balaban J connectivity index is 2.29. The molecule has 0 spiro atoms. The van der Waals surface area contributed by atoms with E-state index in [0.717, 1.165) is 45.4 Å².